The zero-order chi connectivity index (χ0) is 30.0. The normalized spacial score (nSPS) is 30.6. The summed E-state index contributed by atoms with van der Waals surface area (Å²) >= 11 is 12.8. The molecule has 2 aliphatic carbocycles. The van der Waals surface area contributed by atoms with Gasteiger partial charge in [-0.05, 0) is 86.7 Å². The number of likely N-dealkylation sites (tertiary alicyclic amines) is 1. The van der Waals surface area contributed by atoms with Crippen LogP contribution < -0.4 is 5.32 Å². The maximum absolute atomic E-state index is 16.2. The average molecular weight is 615 g/mol. The minimum absolute atomic E-state index is 0.00352. The Kier molecular flexibility index (Phi) is 7.89. The summed E-state index contributed by atoms with van der Waals surface area (Å²) in [7, 11) is 3.89. The van der Waals surface area contributed by atoms with Crippen LogP contribution in [0, 0.1) is 17.7 Å². The van der Waals surface area contributed by atoms with Crippen molar-refractivity contribution in [2.75, 3.05) is 19.4 Å². The summed E-state index contributed by atoms with van der Waals surface area (Å²) in [4.78, 5) is 33.6. The molecular weight excluding hydrogens is 572 g/mol. The van der Waals surface area contributed by atoms with Gasteiger partial charge >= 0.3 is 0 Å². The van der Waals surface area contributed by atoms with Gasteiger partial charge in [0.15, 0.2) is 0 Å². The van der Waals surface area contributed by atoms with Crippen LogP contribution in [0.25, 0.3) is 0 Å². The van der Waals surface area contributed by atoms with E-state index in [0.717, 1.165) is 63.4 Å². The topological polar surface area (TPSA) is 52.7 Å². The fourth-order valence-corrected chi connectivity index (χ4v) is 9.63. The third kappa shape index (κ3) is 4.26. The third-order valence-corrected chi connectivity index (χ3v) is 12.0. The summed E-state index contributed by atoms with van der Waals surface area (Å²) in [5.41, 5.74) is -0.101. The summed E-state index contributed by atoms with van der Waals surface area (Å²) in [5, 5.41) is 3.65. The molecule has 3 fully saturated rings. The van der Waals surface area contributed by atoms with E-state index in [2.05, 4.69) is 24.1 Å². The van der Waals surface area contributed by atoms with Crippen molar-refractivity contribution >= 4 is 40.7 Å². The lowest BCUT2D eigenvalue weighted by molar-refractivity contribution is -0.139. The van der Waals surface area contributed by atoms with Gasteiger partial charge in [-0.25, -0.2) is 4.39 Å². The first kappa shape index (κ1) is 29.9. The zero-order valence-electron chi connectivity index (χ0n) is 25.1. The van der Waals surface area contributed by atoms with Gasteiger partial charge in [0.25, 0.3) is 0 Å². The Hall–Kier alpha value is -2.15. The van der Waals surface area contributed by atoms with E-state index in [-0.39, 0.29) is 22.9 Å². The summed E-state index contributed by atoms with van der Waals surface area (Å²) in [6.45, 7) is 4.55. The van der Waals surface area contributed by atoms with E-state index in [1.165, 1.54) is 6.07 Å². The van der Waals surface area contributed by atoms with E-state index in [1.54, 1.807) is 24.3 Å². The van der Waals surface area contributed by atoms with E-state index in [1.807, 2.05) is 25.1 Å². The van der Waals surface area contributed by atoms with Crippen molar-refractivity contribution < 1.29 is 14.0 Å². The lowest BCUT2D eigenvalue weighted by Crippen LogP contribution is -2.60. The average Bonchev–Trinajstić information content (AvgIpc) is 3.38. The Morgan fingerprint density at radius 1 is 1.07 bits per heavy atom. The molecule has 4 aliphatic rings. The molecule has 1 saturated heterocycles. The van der Waals surface area contributed by atoms with Crippen LogP contribution in [0.3, 0.4) is 0 Å². The molecule has 2 heterocycles. The Bertz CT molecular complexity index is 1380. The van der Waals surface area contributed by atoms with Gasteiger partial charge in [-0.15, -0.1) is 0 Å². The standard InChI is InChI=1S/C34H42Cl2FN3O2/c1-20(2)21-11-14-23(15-12-21)39(3)31(41)30-28(24-9-8-10-26(36)29(24)37)34(33(40(30)4)17-6-5-7-18-33)25-16-13-22(35)19-27(25)38-32(34)42/h8-10,13,16,19-21,23,28,30H,5-7,11-12,14-15,17-18H2,1-4H3,(H,38,42)/t21?,23?,28-,30+,34+/m0/s1. The van der Waals surface area contributed by atoms with Gasteiger partial charge in [-0.1, -0.05) is 74.5 Å². The van der Waals surface area contributed by atoms with E-state index >= 15 is 4.39 Å². The molecule has 226 valence electrons. The van der Waals surface area contributed by atoms with Crippen LogP contribution in [0.15, 0.2) is 36.4 Å². The number of likely N-dealkylation sites (N-methyl/N-ethyl adjacent to an activating group) is 2. The second-order valence-corrected chi connectivity index (χ2v) is 14.3. The summed E-state index contributed by atoms with van der Waals surface area (Å²) in [6.07, 6.45) is 8.51. The first-order chi connectivity index (χ1) is 20.0. The molecule has 2 amide bonds. The van der Waals surface area contributed by atoms with Gasteiger partial charge in [0.2, 0.25) is 11.8 Å². The van der Waals surface area contributed by atoms with Crippen molar-refractivity contribution in [1.29, 1.82) is 0 Å². The highest BCUT2D eigenvalue weighted by molar-refractivity contribution is 6.31. The minimum atomic E-state index is -1.19. The fourth-order valence-electron chi connectivity index (χ4n) is 9.27. The summed E-state index contributed by atoms with van der Waals surface area (Å²) in [5.74, 6) is -0.267. The van der Waals surface area contributed by atoms with Crippen LogP contribution in [-0.2, 0) is 15.0 Å². The van der Waals surface area contributed by atoms with Gasteiger partial charge in [0.1, 0.15) is 11.2 Å². The van der Waals surface area contributed by atoms with Gasteiger partial charge in [0, 0.05) is 35.3 Å². The molecule has 1 N–H and O–H groups in total. The van der Waals surface area contributed by atoms with E-state index in [9.17, 15) is 9.59 Å². The lowest BCUT2D eigenvalue weighted by atomic mass is 9.55. The van der Waals surface area contributed by atoms with Crippen molar-refractivity contribution in [3.8, 4) is 0 Å². The van der Waals surface area contributed by atoms with Crippen molar-refractivity contribution in [3.05, 3.63) is 63.4 Å². The predicted octanol–water partition coefficient (Wildman–Crippen LogP) is 7.80. The first-order valence-electron chi connectivity index (χ1n) is 15.6. The number of nitrogens with zero attached hydrogens (tertiary/aromatic N) is 2. The number of benzene rings is 2. The quantitative estimate of drug-likeness (QED) is 0.383. The number of carbonyl (C=O) groups excluding carboxylic acids is 2. The lowest BCUT2D eigenvalue weighted by Gasteiger charge is -2.50. The number of anilines is 1. The molecule has 2 spiro atoms. The molecule has 0 aromatic heterocycles. The highest BCUT2D eigenvalue weighted by Gasteiger charge is 2.75. The Morgan fingerprint density at radius 3 is 2.43 bits per heavy atom. The highest BCUT2D eigenvalue weighted by atomic mass is 35.5. The SMILES string of the molecule is CC(C)C1CCC(N(C)C(=O)[C@H]2[C@H](c3cccc(Cl)c3F)[C@]3(C(=O)Nc4cc(Cl)ccc43)C3(CCCCC3)N2C)CC1. The second kappa shape index (κ2) is 11.1. The zero-order valence-corrected chi connectivity index (χ0v) is 26.6. The van der Waals surface area contributed by atoms with E-state index in [4.69, 9.17) is 23.2 Å². The number of carbonyl (C=O) groups is 2. The van der Waals surface area contributed by atoms with E-state index in [0.29, 0.717) is 28.1 Å². The van der Waals surface area contributed by atoms with Gasteiger partial charge in [0.05, 0.1) is 11.1 Å². The molecule has 8 heteroatoms. The molecule has 6 rings (SSSR count). The molecule has 5 nitrogen and oxygen atoms in total. The van der Waals surface area contributed by atoms with Crippen molar-refractivity contribution in [2.24, 2.45) is 11.8 Å². The minimum Gasteiger partial charge on any atom is -0.341 e. The number of hydrogen-bond donors (Lipinski definition) is 1. The van der Waals surface area contributed by atoms with Crippen LogP contribution in [-0.4, -0.2) is 53.3 Å². The summed E-state index contributed by atoms with van der Waals surface area (Å²) in [6, 6.07) is 9.86. The second-order valence-electron chi connectivity index (χ2n) is 13.5. The smallest absolute Gasteiger partial charge is 0.240 e. The van der Waals surface area contributed by atoms with Crippen molar-refractivity contribution in [2.45, 2.75) is 101 Å². The Morgan fingerprint density at radius 2 is 1.76 bits per heavy atom. The molecule has 0 unspecified atom stereocenters. The summed E-state index contributed by atoms with van der Waals surface area (Å²) < 4.78 is 16.2. The Labute approximate surface area is 259 Å². The predicted molar refractivity (Wildman–Crippen MR) is 167 cm³/mol. The molecule has 0 bridgehead atoms. The maximum Gasteiger partial charge on any atom is 0.240 e. The number of fused-ring (bicyclic) bond motifs is 3. The molecule has 2 aromatic carbocycles. The number of halogens is 3. The van der Waals surface area contributed by atoms with E-state index < -0.39 is 28.7 Å². The molecule has 2 saturated carbocycles. The Balaban J connectivity index is 1.54. The van der Waals surface area contributed by atoms with Crippen molar-refractivity contribution in [3.63, 3.8) is 0 Å². The molecular formula is C34H42Cl2FN3O2. The molecule has 2 aromatic rings. The van der Waals surface area contributed by atoms with Crippen LogP contribution in [0.2, 0.25) is 10.0 Å². The van der Waals surface area contributed by atoms with Crippen LogP contribution in [0.5, 0.6) is 0 Å². The van der Waals surface area contributed by atoms with Gasteiger partial charge in [-0.3, -0.25) is 14.5 Å². The van der Waals surface area contributed by atoms with Crippen LogP contribution in [0.4, 0.5) is 10.1 Å². The number of amides is 2. The van der Waals surface area contributed by atoms with Gasteiger partial charge in [-0.2, -0.15) is 0 Å². The molecule has 2 aliphatic heterocycles. The third-order valence-electron chi connectivity index (χ3n) is 11.5. The molecule has 42 heavy (non-hydrogen) atoms. The van der Waals surface area contributed by atoms with Crippen LogP contribution >= 0.6 is 23.2 Å². The number of nitrogens with one attached hydrogen (secondary N) is 1. The molecule has 3 atom stereocenters. The molecule has 0 radical (unpaired) electrons. The van der Waals surface area contributed by atoms with Gasteiger partial charge < -0.3 is 10.2 Å². The fraction of sp³-hybridized carbons (Fsp3) is 0.588. The van der Waals surface area contributed by atoms with Crippen molar-refractivity contribution in [1.82, 2.24) is 9.80 Å². The maximum atomic E-state index is 16.2. The number of hydrogen-bond acceptors (Lipinski definition) is 3. The number of rotatable bonds is 4. The first-order valence-corrected chi connectivity index (χ1v) is 16.3. The monoisotopic (exact) mass is 613 g/mol. The highest BCUT2D eigenvalue weighted by Crippen LogP contribution is 2.66. The largest absolute Gasteiger partial charge is 0.341 e. The van der Waals surface area contributed by atoms with Crippen LogP contribution in [0.1, 0.15) is 88.7 Å².